The quantitative estimate of drug-likeness (QED) is 0.426. The molecule has 28 heavy (non-hydrogen) atoms. The van der Waals surface area contributed by atoms with E-state index in [2.05, 4.69) is 10.6 Å². The highest BCUT2D eigenvalue weighted by atomic mass is 35.5. The molecule has 2 rings (SSSR count). The number of rotatable bonds is 6. The van der Waals surface area contributed by atoms with Gasteiger partial charge in [-0.3, -0.25) is 19.7 Å². The number of ether oxygens (including phenoxy) is 3. The van der Waals surface area contributed by atoms with Crippen molar-refractivity contribution >= 4 is 40.5 Å². The number of nitrogens with one attached hydrogen (secondary N) is 2. The zero-order valence-electron chi connectivity index (χ0n) is 15.1. The Morgan fingerprint density at radius 1 is 0.893 bits per heavy atom. The molecule has 2 aromatic rings. The van der Waals surface area contributed by atoms with Gasteiger partial charge in [0.2, 0.25) is 0 Å². The van der Waals surface area contributed by atoms with Crippen LogP contribution in [-0.2, 0) is 9.59 Å². The SMILES string of the molecule is COc1cc(NC(=O)C(=O)Nc2cc([N+](=O)[O-])ccc2OC)c(OC)cc1Cl. The Balaban J connectivity index is 2.24. The summed E-state index contributed by atoms with van der Waals surface area (Å²) in [6, 6.07) is 6.39. The second-order valence-corrected chi connectivity index (χ2v) is 5.64. The molecule has 148 valence electrons. The van der Waals surface area contributed by atoms with Gasteiger partial charge in [-0.1, -0.05) is 11.6 Å². The molecule has 0 atom stereocenters. The topological polar surface area (TPSA) is 129 Å². The van der Waals surface area contributed by atoms with Crippen molar-refractivity contribution in [3.63, 3.8) is 0 Å². The van der Waals surface area contributed by atoms with E-state index in [0.29, 0.717) is 0 Å². The fraction of sp³-hybridized carbons (Fsp3) is 0.176. The molecule has 0 spiro atoms. The van der Waals surface area contributed by atoms with Crippen molar-refractivity contribution in [2.24, 2.45) is 0 Å². The van der Waals surface area contributed by atoms with Crippen molar-refractivity contribution in [2.45, 2.75) is 0 Å². The number of benzene rings is 2. The van der Waals surface area contributed by atoms with Gasteiger partial charge in [0.25, 0.3) is 5.69 Å². The standard InChI is InChI=1S/C17H16ClN3O7/c1-26-13-5-4-9(21(24)25)6-11(13)19-16(22)17(23)20-12-8-14(27-2)10(18)7-15(12)28-3/h4-8H,1-3H3,(H,19,22)(H,20,23). The number of methoxy groups -OCH3 is 3. The maximum absolute atomic E-state index is 12.3. The molecular formula is C17H16ClN3O7. The third-order valence-electron chi connectivity index (χ3n) is 3.57. The van der Waals surface area contributed by atoms with Crippen LogP contribution in [0.3, 0.4) is 0 Å². The van der Waals surface area contributed by atoms with E-state index in [1.54, 1.807) is 0 Å². The van der Waals surface area contributed by atoms with E-state index in [4.69, 9.17) is 25.8 Å². The number of hydrogen-bond donors (Lipinski definition) is 2. The number of amides is 2. The zero-order valence-corrected chi connectivity index (χ0v) is 15.8. The lowest BCUT2D eigenvalue weighted by molar-refractivity contribution is -0.384. The van der Waals surface area contributed by atoms with Gasteiger partial charge in [-0.25, -0.2) is 0 Å². The summed E-state index contributed by atoms with van der Waals surface area (Å²) in [7, 11) is 4.07. The Hall–Kier alpha value is -3.53. The predicted molar refractivity (Wildman–Crippen MR) is 101 cm³/mol. The number of nitrogens with zero attached hydrogens (tertiary/aromatic N) is 1. The molecule has 0 radical (unpaired) electrons. The van der Waals surface area contributed by atoms with E-state index < -0.39 is 16.7 Å². The molecule has 0 heterocycles. The molecule has 11 heteroatoms. The van der Waals surface area contributed by atoms with E-state index in [1.165, 1.54) is 45.6 Å². The Bertz CT molecular complexity index is 933. The number of carbonyl (C=O) groups is 2. The van der Waals surface area contributed by atoms with Crippen molar-refractivity contribution in [3.8, 4) is 17.2 Å². The van der Waals surface area contributed by atoms with Crippen molar-refractivity contribution in [2.75, 3.05) is 32.0 Å². The number of anilines is 2. The molecule has 2 aromatic carbocycles. The molecule has 0 saturated heterocycles. The van der Waals surface area contributed by atoms with Gasteiger partial charge >= 0.3 is 11.8 Å². The molecule has 0 unspecified atom stereocenters. The van der Waals surface area contributed by atoms with E-state index in [0.717, 1.165) is 6.07 Å². The Morgan fingerprint density at radius 2 is 1.43 bits per heavy atom. The highest BCUT2D eigenvalue weighted by Gasteiger charge is 2.20. The van der Waals surface area contributed by atoms with Crippen molar-refractivity contribution in [1.82, 2.24) is 0 Å². The normalized spacial score (nSPS) is 10.0. The van der Waals surface area contributed by atoms with Gasteiger partial charge in [0.05, 0.1) is 42.7 Å². The summed E-state index contributed by atoms with van der Waals surface area (Å²) in [5.74, 6) is -1.50. The summed E-state index contributed by atoms with van der Waals surface area (Å²) in [4.78, 5) is 34.8. The maximum atomic E-state index is 12.3. The zero-order chi connectivity index (χ0) is 20.8. The summed E-state index contributed by atoms with van der Waals surface area (Å²) in [5.41, 5.74) is -0.159. The Kier molecular flexibility index (Phi) is 6.61. The smallest absolute Gasteiger partial charge is 0.314 e. The number of nitro benzene ring substituents is 1. The highest BCUT2D eigenvalue weighted by Crippen LogP contribution is 2.36. The molecular weight excluding hydrogens is 394 g/mol. The molecule has 0 aliphatic heterocycles. The third kappa shape index (κ3) is 4.60. The molecule has 2 amide bonds. The van der Waals surface area contributed by atoms with Crippen LogP contribution in [-0.4, -0.2) is 38.1 Å². The van der Waals surface area contributed by atoms with Crippen LogP contribution >= 0.6 is 11.6 Å². The first kappa shape index (κ1) is 20.8. The number of nitro groups is 1. The van der Waals surface area contributed by atoms with E-state index in [1.807, 2.05) is 0 Å². The minimum Gasteiger partial charge on any atom is -0.495 e. The third-order valence-corrected chi connectivity index (χ3v) is 3.87. The fourth-order valence-corrected chi connectivity index (χ4v) is 2.45. The molecule has 10 nitrogen and oxygen atoms in total. The van der Waals surface area contributed by atoms with E-state index >= 15 is 0 Å². The number of carbonyl (C=O) groups excluding carboxylic acids is 2. The van der Waals surface area contributed by atoms with Gasteiger partial charge in [0.15, 0.2) is 0 Å². The molecule has 0 fully saturated rings. The van der Waals surface area contributed by atoms with Crippen molar-refractivity contribution < 1.29 is 28.7 Å². The minimum absolute atomic E-state index is 0.0301. The summed E-state index contributed by atoms with van der Waals surface area (Å²) < 4.78 is 15.2. The van der Waals surface area contributed by atoms with Crippen LogP contribution in [0.15, 0.2) is 30.3 Å². The van der Waals surface area contributed by atoms with E-state index in [-0.39, 0.29) is 39.3 Å². The fourth-order valence-electron chi connectivity index (χ4n) is 2.22. The molecule has 0 aromatic heterocycles. The van der Waals surface area contributed by atoms with E-state index in [9.17, 15) is 19.7 Å². The average molecular weight is 410 g/mol. The predicted octanol–water partition coefficient (Wildman–Crippen LogP) is 2.85. The van der Waals surface area contributed by atoms with Crippen LogP contribution in [0, 0.1) is 10.1 Å². The van der Waals surface area contributed by atoms with Crippen LogP contribution < -0.4 is 24.8 Å². The monoisotopic (exact) mass is 409 g/mol. The second-order valence-electron chi connectivity index (χ2n) is 5.24. The number of halogens is 1. The molecule has 0 bridgehead atoms. The van der Waals surface area contributed by atoms with Gasteiger partial charge in [-0.2, -0.15) is 0 Å². The van der Waals surface area contributed by atoms with Gasteiger partial charge in [0, 0.05) is 24.3 Å². The second kappa shape index (κ2) is 8.91. The maximum Gasteiger partial charge on any atom is 0.314 e. The first-order chi connectivity index (χ1) is 13.3. The van der Waals surface area contributed by atoms with Crippen molar-refractivity contribution in [1.29, 1.82) is 0 Å². The largest absolute Gasteiger partial charge is 0.495 e. The van der Waals surface area contributed by atoms with Crippen LogP contribution in [0.4, 0.5) is 17.1 Å². The van der Waals surface area contributed by atoms with Gasteiger partial charge in [-0.15, -0.1) is 0 Å². The lowest BCUT2D eigenvalue weighted by atomic mass is 10.2. The van der Waals surface area contributed by atoms with Crippen LogP contribution in [0.5, 0.6) is 17.2 Å². The summed E-state index contributed by atoms with van der Waals surface area (Å²) in [6.45, 7) is 0. The minimum atomic E-state index is -1.07. The molecule has 2 N–H and O–H groups in total. The lowest BCUT2D eigenvalue weighted by Crippen LogP contribution is -2.29. The number of non-ortho nitro benzene ring substituents is 1. The summed E-state index contributed by atoms with van der Waals surface area (Å²) in [6.07, 6.45) is 0. The van der Waals surface area contributed by atoms with Crippen LogP contribution in [0.1, 0.15) is 0 Å². The molecule has 0 aliphatic rings. The Labute approximate surface area is 164 Å². The summed E-state index contributed by atoms with van der Waals surface area (Å²) in [5, 5.41) is 15.8. The molecule has 0 saturated carbocycles. The average Bonchev–Trinajstić information content (AvgIpc) is 2.68. The lowest BCUT2D eigenvalue weighted by Gasteiger charge is -2.13. The number of hydrogen-bond acceptors (Lipinski definition) is 7. The van der Waals surface area contributed by atoms with Crippen molar-refractivity contribution in [3.05, 3.63) is 45.5 Å². The molecule has 0 aliphatic carbocycles. The Morgan fingerprint density at radius 3 is 1.93 bits per heavy atom. The highest BCUT2D eigenvalue weighted by molar-refractivity contribution is 6.44. The first-order valence-electron chi connectivity index (χ1n) is 7.67. The van der Waals surface area contributed by atoms with Gasteiger partial charge < -0.3 is 24.8 Å². The van der Waals surface area contributed by atoms with Gasteiger partial charge in [0.1, 0.15) is 17.2 Å². The van der Waals surface area contributed by atoms with Crippen LogP contribution in [0.2, 0.25) is 5.02 Å². The van der Waals surface area contributed by atoms with Crippen LogP contribution in [0.25, 0.3) is 0 Å². The first-order valence-corrected chi connectivity index (χ1v) is 8.04. The van der Waals surface area contributed by atoms with Gasteiger partial charge in [-0.05, 0) is 6.07 Å². The summed E-state index contributed by atoms with van der Waals surface area (Å²) >= 11 is 5.99.